The Bertz CT molecular complexity index is 1260. The second-order valence-corrected chi connectivity index (χ2v) is 8.54. The Morgan fingerprint density at radius 3 is 2.53 bits per heavy atom. The van der Waals surface area contributed by atoms with Crippen LogP contribution in [0.25, 0.3) is 5.69 Å². The molecule has 160 valence electrons. The third-order valence-corrected chi connectivity index (χ3v) is 6.33. The fourth-order valence-corrected chi connectivity index (χ4v) is 4.59. The quantitative estimate of drug-likeness (QED) is 0.400. The number of amides is 2. The van der Waals surface area contributed by atoms with E-state index >= 15 is 0 Å². The van der Waals surface area contributed by atoms with Crippen LogP contribution in [0.15, 0.2) is 91.1 Å². The van der Waals surface area contributed by atoms with Gasteiger partial charge in [0.25, 0.3) is 0 Å². The largest absolute Gasteiger partial charge is 0.334 e. The van der Waals surface area contributed by atoms with Gasteiger partial charge in [0.15, 0.2) is 0 Å². The average Bonchev–Trinajstić information content (AvgIpc) is 3.24. The highest BCUT2D eigenvalue weighted by molar-refractivity contribution is 6.31. The fourth-order valence-electron chi connectivity index (χ4n) is 4.35. The zero-order valence-electron chi connectivity index (χ0n) is 17.8. The first-order valence-electron chi connectivity index (χ1n) is 10.7. The molecule has 4 nitrogen and oxygen atoms in total. The van der Waals surface area contributed by atoms with Gasteiger partial charge in [0, 0.05) is 17.8 Å². The summed E-state index contributed by atoms with van der Waals surface area (Å²) < 4.78 is 2.16. The van der Waals surface area contributed by atoms with Crippen LogP contribution in [0.2, 0.25) is 5.02 Å². The van der Waals surface area contributed by atoms with Crippen molar-refractivity contribution in [2.24, 2.45) is 0 Å². The molecule has 1 atom stereocenters. The van der Waals surface area contributed by atoms with Crippen molar-refractivity contribution in [3.63, 3.8) is 0 Å². The van der Waals surface area contributed by atoms with Crippen molar-refractivity contribution >= 4 is 17.6 Å². The molecule has 1 N–H and O–H groups in total. The lowest BCUT2D eigenvalue weighted by Crippen LogP contribution is -2.41. The maximum absolute atomic E-state index is 13.6. The summed E-state index contributed by atoms with van der Waals surface area (Å²) in [6.45, 7) is 3.00. The number of aryl methyl sites for hydroxylation is 1. The maximum Gasteiger partial charge on any atom is 0.318 e. The third kappa shape index (κ3) is 3.78. The number of hydrogen-bond acceptors (Lipinski definition) is 1. The first kappa shape index (κ1) is 20.4. The SMILES string of the molecule is Cc1ccc(CNC(=O)N2Cc3ccccc3-n3cccc3[C@H]2c2ccccc2Cl)cc1. The second-order valence-electron chi connectivity index (χ2n) is 8.13. The highest BCUT2D eigenvalue weighted by Crippen LogP contribution is 2.39. The van der Waals surface area contributed by atoms with Crippen molar-refractivity contribution in [2.75, 3.05) is 0 Å². The first-order chi connectivity index (χ1) is 15.6. The molecular weight excluding hydrogens is 418 g/mol. The molecule has 0 saturated heterocycles. The smallest absolute Gasteiger partial charge is 0.318 e. The van der Waals surface area contributed by atoms with E-state index in [-0.39, 0.29) is 12.1 Å². The molecule has 0 saturated carbocycles. The van der Waals surface area contributed by atoms with Crippen molar-refractivity contribution in [3.8, 4) is 5.69 Å². The number of benzene rings is 3. The number of aromatic nitrogens is 1. The molecule has 0 unspecified atom stereocenters. The van der Waals surface area contributed by atoms with Gasteiger partial charge in [-0.1, -0.05) is 77.8 Å². The molecule has 0 fully saturated rings. The van der Waals surface area contributed by atoms with Crippen LogP contribution < -0.4 is 5.32 Å². The predicted octanol–water partition coefficient (Wildman–Crippen LogP) is 6.25. The molecule has 2 amide bonds. The zero-order valence-corrected chi connectivity index (χ0v) is 18.6. The molecule has 4 aromatic rings. The van der Waals surface area contributed by atoms with Gasteiger partial charge in [0.2, 0.25) is 0 Å². The summed E-state index contributed by atoms with van der Waals surface area (Å²) in [6, 6.07) is 27.8. The highest BCUT2D eigenvalue weighted by atomic mass is 35.5. The topological polar surface area (TPSA) is 37.3 Å². The van der Waals surface area contributed by atoms with Gasteiger partial charge in [0.05, 0.1) is 17.9 Å². The third-order valence-electron chi connectivity index (χ3n) is 5.99. The number of carbonyl (C=O) groups is 1. The van der Waals surface area contributed by atoms with Crippen LogP contribution in [0.1, 0.15) is 34.0 Å². The van der Waals surface area contributed by atoms with E-state index in [4.69, 9.17) is 11.6 Å². The van der Waals surface area contributed by atoms with E-state index < -0.39 is 0 Å². The molecule has 1 aromatic heterocycles. The normalized spacial score (nSPS) is 14.9. The van der Waals surface area contributed by atoms with Gasteiger partial charge in [-0.25, -0.2) is 4.79 Å². The summed E-state index contributed by atoms with van der Waals surface area (Å²) in [7, 11) is 0. The average molecular weight is 442 g/mol. The van der Waals surface area contributed by atoms with E-state index in [1.807, 2.05) is 65.7 Å². The minimum Gasteiger partial charge on any atom is -0.334 e. The summed E-state index contributed by atoms with van der Waals surface area (Å²) in [6.07, 6.45) is 2.05. The van der Waals surface area contributed by atoms with Crippen LogP contribution in [-0.2, 0) is 13.1 Å². The Hall–Kier alpha value is -3.50. The lowest BCUT2D eigenvalue weighted by Gasteiger charge is -2.31. The Morgan fingerprint density at radius 2 is 1.72 bits per heavy atom. The van der Waals surface area contributed by atoms with Gasteiger partial charge in [0.1, 0.15) is 6.04 Å². The molecule has 0 radical (unpaired) electrons. The monoisotopic (exact) mass is 441 g/mol. The van der Waals surface area contributed by atoms with Crippen molar-refractivity contribution in [1.82, 2.24) is 14.8 Å². The van der Waals surface area contributed by atoms with Crippen LogP contribution in [0.5, 0.6) is 0 Å². The molecule has 1 aliphatic rings. The molecule has 1 aliphatic heterocycles. The fraction of sp³-hybridized carbons (Fsp3) is 0.148. The molecule has 2 heterocycles. The molecule has 5 heteroatoms. The number of hydrogen-bond donors (Lipinski definition) is 1. The molecule has 0 spiro atoms. The number of para-hydroxylation sites is 1. The summed E-state index contributed by atoms with van der Waals surface area (Å²) in [5, 5.41) is 3.77. The number of halogens is 1. The Kier molecular flexibility index (Phi) is 5.46. The van der Waals surface area contributed by atoms with E-state index in [1.54, 1.807) is 0 Å². The molecule has 5 rings (SSSR count). The minimum absolute atomic E-state index is 0.125. The van der Waals surface area contributed by atoms with E-state index in [0.29, 0.717) is 18.1 Å². The standard InChI is InChI=1S/C27H24ClN3O/c1-19-12-14-20(15-13-19)17-29-27(32)31-18-21-7-2-5-10-24(21)30-16-6-11-25(30)26(31)22-8-3-4-9-23(22)28/h2-16,26H,17-18H2,1H3,(H,29,32)/t26-/m1/s1. The number of fused-ring (bicyclic) bond motifs is 3. The molecule has 0 aliphatic carbocycles. The van der Waals surface area contributed by atoms with E-state index in [2.05, 4.69) is 47.1 Å². The zero-order chi connectivity index (χ0) is 22.1. The molecular formula is C27H24ClN3O. The summed E-state index contributed by atoms with van der Waals surface area (Å²) in [4.78, 5) is 15.5. The van der Waals surface area contributed by atoms with Gasteiger partial charge >= 0.3 is 6.03 Å². The lowest BCUT2D eigenvalue weighted by atomic mass is 10.0. The summed E-state index contributed by atoms with van der Waals surface area (Å²) in [5.74, 6) is 0. The summed E-state index contributed by atoms with van der Waals surface area (Å²) in [5.41, 5.74) is 6.35. The lowest BCUT2D eigenvalue weighted by molar-refractivity contribution is 0.180. The molecule has 0 bridgehead atoms. The summed E-state index contributed by atoms with van der Waals surface area (Å²) >= 11 is 6.65. The van der Waals surface area contributed by atoms with Crippen molar-refractivity contribution < 1.29 is 4.79 Å². The van der Waals surface area contributed by atoms with E-state index in [0.717, 1.165) is 28.1 Å². The van der Waals surface area contributed by atoms with E-state index in [9.17, 15) is 4.79 Å². The van der Waals surface area contributed by atoms with Gasteiger partial charge in [-0.2, -0.15) is 0 Å². The van der Waals surface area contributed by atoms with Gasteiger partial charge in [-0.05, 0) is 47.9 Å². The Morgan fingerprint density at radius 1 is 0.969 bits per heavy atom. The number of nitrogens with zero attached hydrogens (tertiary/aromatic N) is 2. The van der Waals surface area contributed by atoms with Crippen LogP contribution in [0, 0.1) is 6.92 Å². The first-order valence-corrected chi connectivity index (χ1v) is 11.1. The Balaban J connectivity index is 1.56. The van der Waals surface area contributed by atoms with Crippen LogP contribution in [0.4, 0.5) is 4.79 Å². The van der Waals surface area contributed by atoms with Crippen molar-refractivity contribution in [1.29, 1.82) is 0 Å². The van der Waals surface area contributed by atoms with Crippen LogP contribution >= 0.6 is 11.6 Å². The van der Waals surface area contributed by atoms with Crippen molar-refractivity contribution in [2.45, 2.75) is 26.1 Å². The van der Waals surface area contributed by atoms with Crippen LogP contribution in [0.3, 0.4) is 0 Å². The van der Waals surface area contributed by atoms with Gasteiger partial charge < -0.3 is 14.8 Å². The maximum atomic E-state index is 13.6. The second kappa shape index (κ2) is 8.56. The Labute approximate surface area is 193 Å². The number of carbonyl (C=O) groups excluding carboxylic acids is 1. The minimum atomic E-state index is -0.316. The van der Waals surface area contributed by atoms with Gasteiger partial charge in [-0.15, -0.1) is 0 Å². The van der Waals surface area contributed by atoms with Gasteiger partial charge in [-0.3, -0.25) is 0 Å². The molecule has 3 aromatic carbocycles. The predicted molar refractivity (Wildman–Crippen MR) is 128 cm³/mol. The number of nitrogens with one attached hydrogen (secondary N) is 1. The molecule has 32 heavy (non-hydrogen) atoms. The number of rotatable bonds is 3. The van der Waals surface area contributed by atoms with Crippen molar-refractivity contribution in [3.05, 3.63) is 124 Å². The van der Waals surface area contributed by atoms with Crippen LogP contribution in [-0.4, -0.2) is 15.5 Å². The van der Waals surface area contributed by atoms with E-state index in [1.165, 1.54) is 5.56 Å². The highest BCUT2D eigenvalue weighted by Gasteiger charge is 2.33. The number of urea groups is 1.